The van der Waals surface area contributed by atoms with E-state index in [9.17, 15) is 9.59 Å². The van der Waals surface area contributed by atoms with Crippen LogP contribution in [0.25, 0.3) is 11.3 Å². The highest BCUT2D eigenvalue weighted by Crippen LogP contribution is 2.29. The van der Waals surface area contributed by atoms with Crippen LogP contribution < -0.4 is 10.6 Å². The average molecular weight is 429 g/mol. The molecule has 3 rings (SSSR count). The van der Waals surface area contributed by atoms with Crippen molar-refractivity contribution in [2.24, 2.45) is 5.92 Å². The number of nitrogens with one attached hydrogen (secondary N) is 2. The van der Waals surface area contributed by atoms with Crippen molar-refractivity contribution in [2.45, 2.75) is 41.0 Å². The molecule has 0 saturated heterocycles. The third-order valence-electron chi connectivity index (χ3n) is 4.52. The number of hydrogen-bond donors (Lipinski definition) is 2. The summed E-state index contributed by atoms with van der Waals surface area (Å²) >= 11 is 2.71. The van der Waals surface area contributed by atoms with Crippen LogP contribution in [-0.2, 0) is 16.0 Å². The summed E-state index contributed by atoms with van der Waals surface area (Å²) in [7, 11) is 0. The summed E-state index contributed by atoms with van der Waals surface area (Å²) in [5.74, 6) is -0.396. The molecule has 1 aromatic carbocycles. The average Bonchev–Trinajstić information content (AvgIpc) is 3.27. The van der Waals surface area contributed by atoms with Crippen molar-refractivity contribution in [3.63, 3.8) is 0 Å². The molecule has 0 radical (unpaired) electrons. The quantitative estimate of drug-likeness (QED) is 0.581. The second-order valence-electron chi connectivity index (χ2n) is 7.30. The summed E-state index contributed by atoms with van der Waals surface area (Å²) in [4.78, 5) is 33.0. The molecule has 0 unspecified atom stereocenters. The maximum Gasteiger partial charge on any atom is 0.232 e. The molecule has 2 N–H and O–H groups in total. The van der Waals surface area contributed by atoms with Crippen molar-refractivity contribution < 1.29 is 9.59 Å². The molecule has 0 atom stereocenters. The van der Waals surface area contributed by atoms with Crippen LogP contribution in [0.4, 0.5) is 10.3 Å². The summed E-state index contributed by atoms with van der Waals surface area (Å²) in [6.45, 7) is 9.88. The Kier molecular flexibility index (Phi) is 6.44. The first-order chi connectivity index (χ1) is 13.7. The van der Waals surface area contributed by atoms with Gasteiger partial charge in [-0.2, -0.15) is 0 Å². The molecular formula is C21H24N4O2S2. The van der Waals surface area contributed by atoms with Crippen molar-refractivity contribution in [1.82, 2.24) is 9.97 Å². The standard InChI is InChI=1S/C21H24N4O2S2/c1-11(2)19(27)25-20-22-15(9-28-20)8-18(26)24-21-23-17(10-29-21)16-7-13(4)12(3)6-14(16)5/h6-7,9-11H,8H2,1-5H3,(H,22,25,27)(H,23,24,26). The monoisotopic (exact) mass is 428 g/mol. The number of aromatic nitrogens is 2. The van der Waals surface area contributed by atoms with Crippen LogP contribution in [0.15, 0.2) is 22.9 Å². The van der Waals surface area contributed by atoms with Gasteiger partial charge in [0.15, 0.2) is 10.3 Å². The van der Waals surface area contributed by atoms with Crippen LogP contribution in [0.5, 0.6) is 0 Å². The predicted molar refractivity (Wildman–Crippen MR) is 120 cm³/mol. The molecule has 0 spiro atoms. The van der Waals surface area contributed by atoms with Gasteiger partial charge in [-0.25, -0.2) is 9.97 Å². The zero-order valence-electron chi connectivity index (χ0n) is 17.1. The number of amides is 2. The lowest BCUT2D eigenvalue weighted by Gasteiger charge is -2.07. The van der Waals surface area contributed by atoms with Crippen LogP contribution in [0.2, 0.25) is 0 Å². The third-order valence-corrected chi connectivity index (χ3v) is 6.08. The van der Waals surface area contributed by atoms with Crippen LogP contribution in [0, 0.1) is 26.7 Å². The Hall–Kier alpha value is -2.58. The Labute approximate surface area is 178 Å². The Morgan fingerprint density at radius 1 is 0.931 bits per heavy atom. The van der Waals surface area contributed by atoms with Crippen molar-refractivity contribution in [1.29, 1.82) is 0 Å². The summed E-state index contributed by atoms with van der Waals surface area (Å²) in [5.41, 5.74) is 6.19. The fraction of sp³-hybridized carbons (Fsp3) is 0.333. The third kappa shape index (κ3) is 5.27. The molecule has 2 aromatic heterocycles. The molecule has 8 heteroatoms. The number of carbonyl (C=O) groups is 2. The number of anilines is 2. The first-order valence-corrected chi connectivity index (χ1v) is 11.1. The Balaban J connectivity index is 1.63. The van der Waals surface area contributed by atoms with Gasteiger partial charge in [-0.1, -0.05) is 19.9 Å². The molecule has 2 heterocycles. The molecule has 0 fully saturated rings. The second kappa shape index (κ2) is 8.84. The fourth-order valence-electron chi connectivity index (χ4n) is 2.71. The van der Waals surface area contributed by atoms with Gasteiger partial charge in [0.2, 0.25) is 11.8 Å². The minimum Gasteiger partial charge on any atom is -0.302 e. The lowest BCUT2D eigenvalue weighted by molar-refractivity contribution is -0.119. The smallest absolute Gasteiger partial charge is 0.232 e. The second-order valence-corrected chi connectivity index (χ2v) is 9.02. The first kappa shape index (κ1) is 21.1. The summed E-state index contributed by atoms with van der Waals surface area (Å²) < 4.78 is 0. The molecular weight excluding hydrogens is 404 g/mol. The van der Waals surface area contributed by atoms with Crippen LogP contribution >= 0.6 is 22.7 Å². The van der Waals surface area contributed by atoms with E-state index in [-0.39, 0.29) is 24.2 Å². The van der Waals surface area contributed by atoms with Gasteiger partial charge in [0, 0.05) is 22.2 Å². The van der Waals surface area contributed by atoms with Crippen LogP contribution in [0.3, 0.4) is 0 Å². The topological polar surface area (TPSA) is 84.0 Å². The van der Waals surface area contributed by atoms with Gasteiger partial charge in [0.05, 0.1) is 17.8 Å². The summed E-state index contributed by atoms with van der Waals surface area (Å²) in [6.07, 6.45) is 0.131. The highest BCUT2D eigenvalue weighted by Gasteiger charge is 2.14. The number of benzene rings is 1. The van der Waals surface area contributed by atoms with Crippen LogP contribution in [0.1, 0.15) is 36.2 Å². The zero-order valence-corrected chi connectivity index (χ0v) is 18.8. The van der Waals surface area contributed by atoms with E-state index in [1.54, 1.807) is 5.38 Å². The molecule has 0 saturated carbocycles. The SMILES string of the molecule is Cc1cc(C)c(-c2csc(NC(=O)Cc3csc(NC(=O)C(C)C)n3)n2)cc1C. The molecule has 3 aromatic rings. The number of hydrogen-bond acceptors (Lipinski definition) is 6. The number of nitrogens with zero attached hydrogens (tertiary/aromatic N) is 2. The van der Waals surface area contributed by atoms with E-state index < -0.39 is 0 Å². The molecule has 0 aliphatic carbocycles. The molecule has 0 bridgehead atoms. The van der Waals surface area contributed by atoms with E-state index in [4.69, 9.17) is 0 Å². The number of rotatable bonds is 6. The molecule has 152 valence electrons. The molecule has 0 aliphatic rings. The normalized spacial score (nSPS) is 11.0. The van der Waals surface area contributed by atoms with Gasteiger partial charge in [0.25, 0.3) is 0 Å². The van der Waals surface area contributed by atoms with Gasteiger partial charge in [0.1, 0.15) is 0 Å². The Morgan fingerprint density at radius 3 is 2.31 bits per heavy atom. The van der Waals surface area contributed by atoms with E-state index >= 15 is 0 Å². The minimum atomic E-state index is -0.185. The summed E-state index contributed by atoms with van der Waals surface area (Å²) in [5, 5.41) is 10.4. The largest absolute Gasteiger partial charge is 0.302 e. The van der Waals surface area contributed by atoms with Crippen molar-refractivity contribution in [3.8, 4) is 11.3 Å². The van der Waals surface area contributed by atoms with Gasteiger partial charge < -0.3 is 10.6 Å². The van der Waals surface area contributed by atoms with Gasteiger partial charge in [-0.05, 0) is 43.5 Å². The zero-order chi connectivity index (χ0) is 21.1. The molecule has 0 aliphatic heterocycles. The lowest BCUT2D eigenvalue weighted by atomic mass is 9.99. The Morgan fingerprint density at radius 2 is 1.59 bits per heavy atom. The van der Waals surface area contributed by atoms with E-state index in [0.717, 1.165) is 16.8 Å². The molecule has 6 nitrogen and oxygen atoms in total. The maximum atomic E-state index is 12.4. The van der Waals surface area contributed by atoms with Gasteiger partial charge in [-0.15, -0.1) is 22.7 Å². The van der Waals surface area contributed by atoms with Crippen molar-refractivity contribution >= 4 is 44.8 Å². The van der Waals surface area contributed by atoms with Crippen molar-refractivity contribution in [2.75, 3.05) is 10.6 Å². The maximum absolute atomic E-state index is 12.4. The lowest BCUT2D eigenvalue weighted by Crippen LogP contribution is -2.18. The van der Waals surface area contributed by atoms with Gasteiger partial charge >= 0.3 is 0 Å². The van der Waals surface area contributed by atoms with Crippen LogP contribution in [-0.4, -0.2) is 21.8 Å². The molecule has 29 heavy (non-hydrogen) atoms. The number of thiazole rings is 2. The van der Waals surface area contributed by atoms with Crippen molar-refractivity contribution in [3.05, 3.63) is 45.3 Å². The summed E-state index contributed by atoms with van der Waals surface area (Å²) in [6, 6.07) is 4.29. The van der Waals surface area contributed by atoms with Gasteiger partial charge in [-0.3, -0.25) is 9.59 Å². The van der Waals surface area contributed by atoms with E-state index in [0.29, 0.717) is 16.0 Å². The van der Waals surface area contributed by atoms with E-state index in [1.165, 1.54) is 33.8 Å². The predicted octanol–water partition coefficient (Wildman–Crippen LogP) is 4.97. The first-order valence-electron chi connectivity index (χ1n) is 9.31. The highest BCUT2D eigenvalue weighted by atomic mass is 32.1. The number of aryl methyl sites for hydroxylation is 3. The van der Waals surface area contributed by atoms with E-state index in [2.05, 4.69) is 53.5 Å². The highest BCUT2D eigenvalue weighted by molar-refractivity contribution is 7.14. The fourth-order valence-corrected chi connectivity index (χ4v) is 4.15. The molecule has 2 amide bonds. The van der Waals surface area contributed by atoms with E-state index in [1.807, 2.05) is 19.2 Å². The minimum absolute atomic E-state index is 0.0905. The Bertz CT molecular complexity index is 1050. The number of carbonyl (C=O) groups excluding carboxylic acids is 2.